The number of nitrogens with zero attached hydrogens (tertiary/aromatic N) is 8. The van der Waals surface area contributed by atoms with Crippen molar-refractivity contribution in [2.75, 3.05) is 26.0 Å². The van der Waals surface area contributed by atoms with Crippen molar-refractivity contribution >= 4 is 33.7 Å². The second kappa shape index (κ2) is 8.91. The molecule has 6 aromatic heterocycles. The Morgan fingerprint density at radius 2 is 1.97 bits per heavy atom. The topological polar surface area (TPSA) is 146 Å². The molecule has 0 unspecified atom stereocenters. The minimum Gasteiger partial charge on any atom is -0.336 e. The first-order valence-corrected chi connectivity index (χ1v) is 11.6. The third-order valence-electron chi connectivity index (χ3n) is 5.75. The molecule has 0 spiro atoms. The lowest BCUT2D eigenvalue weighted by Gasteiger charge is -2.10. The first-order valence-electron chi connectivity index (χ1n) is 11.6. The van der Waals surface area contributed by atoms with E-state index in [1.54, 1.807) is 29.8 Å². The molecule has 0 fully saturated rings. The minimum atomic E-state index is -0.117. The highest BCUT2D eigenvalue weighted by atomic mass is 16.2. The van der Waals surface area contributed by atoms with Gasteiger partial charge in [-0.2, -0.15) is 5.10 Å². The fourth-order valence-electron chi connectivity index (χ4n) is 4.12. The van der Waals surface area contributed by atoms with Crippen LogP contribution in [0, 0.1) is 6.92 Å². The molecule has 12 nitrogen and oxygen atoms in total. The molecule has 0 atom stereocenters. The Morgan fingerprint density at radius 1 is 1.08 bits per heavy atom. The van der Waals surface area contributed by atoms with Gasteiger partial charge in [-0.25, -0.2) is 19.9 Å². The summed E-state index contributed by atoms with van der Waals surface area (Å²) in [4.78, 5) is 40.1. The van der Waals surface area contributed by atoms with Crippen LogP contribution in [0.25, 0.3) is 50.7 Å². The van der Waals surface area contributed by atoms with Crippen LogP contribution in [0.2, 0.25) is 0 Å². The van der Waals surface area contributed by atoms with Gasteiger partial charge in [0.25, 0.3) is 0 Å². The van der Waals surface area contributed by atoms with Crippen LogP contribution < -0.4 is 5.32 Å². The highest BCUT2D eigenvalue weighted by molar-refractivity contribution is 5.94. The quantitative estimate of drug-likeness (QED) is 0.321. The van der Waals surface area contributed by atoms with Crippen LogP contribution in [-0.2, 0) is 4.79 Å². The number of carbonyl (C=O) groups is 1. The lowest BCUT2D eigenvalue weighted by Crippen LogP contribution is -2.27. The minimum absolute atomic E-state index is 0.117. The summed E-state index contributed by atoms with van der Waals surface area (Å²) in [5.41, 5.74) is 6.49. The van der Waals surface area contributed by atoms with Crippen LogP contribution in [0.4, 0.5) is 5.69 Å². The van der Waals surface area contributed by atoms with Gasteiger partial charge in [0.05, 0.1) is 40.9 Å². The Balaban J connectivity index is 1.38. The van der Waals surface area contributed by atoms with Crippen molar-refractivity contribution in [3.8, 4) is 28.6 Å². The van der Waals surface area contributed by atoms with Gasteiger partial charge in [0, 0.05) is 24.2 Å². The van der Waals surface area contributed by atoms with Crippen LogP contribution in [0.3, 0.4) is 0 Å². The predicted molar refractivity (Wildman–Crippen MR) is 139 cm³/mol. The van der Waals surface area contributed by atoms with Gasteiger partial charge in [0.1, 0.15) is 17.4 Å². The summed E-state index contributed by atoms with van der Waals surface area (Å²) in [6.45, 7) is 2.21. The molecule has 1 amide bonds. The standard InChI is InChI=1S/C25H23N11O/c1-14-11-36(13-28-14)25-22-18(6-7-27-25)31-24(32-22)23-21-19(33-34-23)5-4-17(30-21)15-8-16(10-26-9-15)29-20(37)12-35(2)3/h4-11,13H,12H2,1-3H3,(H,29,37)(H,31,32)(H,33,34). The maximum Gasteiger partial charge on any atom is 0.238 e. The van der Waals surface area contributed by atoms with Gasteiger partial charge in [-0.15, -0.1) is 0 Å². The van der Waals surface area contributed by atoms with Crippen LogP contribution in [0.1, 0.15) is 5.69 Å². The smallest absolute Gasteiger partial charge is 0.238 e. The number of rotatable bonds is 6. The predicted octanol–water partition coefficient (Wildman–Crippen LogP) is 2.95. The second-order valence-corrected chi connectivity index (χ2v) is 8.95. The summed E-state index contributed by atoms with van der Waals surface area (Å²) in [6, 6.07) is 7.51. The third-order valence-corrected chi connectivity index (χ3v) is 5.75. The summed E-state index contributed by atoms with van der Waals surface area (Å²) in [5.74, 6) is 1.13. The Kier molecular flexibility index (Phi) is 5.42. The summed E-state index contributed by atoms with van der Waals surface area (Å²) in [5, 5.41) is 10.4. The fourth-order valence-corrected chi connectivity index (χ4v) is 4.12. The zero-order chi connectivity index (χ0) is 25.5. The Morgan fingerprint density at radius 3 is 2.78 bits per heavy atom. The zero-order valence-electron chi connectivity index (χ0n) is 20.4. The number of aryl methyl sites for hydroxylation is 1. The van der Waals surface area contributed by atoms with E-state index in [-0.39, 0.29) is 12.5 Å². The maximum absolute atomic E-state index is 12.2. The monoisotopic (exact) mass is 493 g/mol. The van der Waals surface area contributed by atoms with E-state index < -0.39 is 0 Å². The van der Waals surface area contributed by atoms with Crippen molar-refractivity contribution in [2.45, 2.75) is 6.92 Å². The normalized spacial score (nSPS) is 11.6. The first kappa shape index (κ1) is 22.5. The SMILES string of the molecule is Cc1cn(-c2nccc3[nH]c(-c4n[nH]c5ccc(-c6cncc(NC(=O)CN(C)C)c6)nc45)nc23)cn1. The number of nitrogens with one attached hydrogen (secondary N) is 3. The molecule has 184 valence electrons. The molecule has 6 heterocycles. The van der Waals surface area contributed by atoms with Gasteiger partial charge < -0.3 is 15.2 Å². The number of H-pyrrole nitrogens is 2. The van der Waals surface area contributed by atoms with Gasteiger partial charge in [-0.3, -0.25) is 19.4 Å². The highest BCUT2D eigenvalue weighted by Gasteiger charge is 2.18. The summed E-state index contributed by atoms with van der Waals surface area (Å²) < 4.78 is 1.85. The number of amides is 1. The number of anilines is 1. The van der Waals surface area contributed by atoms with Crippen molar-refractivity contribution < 1.29 is 4.79 Å². The molecule has 0 saturated heterocycles. The van der Waals surface area contributed by atoms with Crippen LogP contribution in [-0.4, -0.2) is 76.1 Å². The van der Waals surface area contributed by atoms with Crippen molar-refractivity contribution in [3.05, 3.63) is 61.1 Å². The number of hydrogen-bond donors (Lipinski definition) is 3. The van der Waals surface area contributed by atoms with Crippen molar-refractivity contribution in [2.24, 2.45) is 0 Å². The van der Waals surface area contributed by atoms with E-state index in [1.807, 2.05) is 56.0 Å². The van der Waals surface area contributed by atoms with Crippen LogP contribution in [0.5, 0.6) is 0 Å². The van der Waals surface area contributed by atoms with Crippen molar-refractivity contribution in [1.29, 1.82) is 0 Å². The van der Waals surface area contributed by atoms with Gasteiger partial charge >= 0.3 is 0 Å². The molecule has 6 aromatic rings. The molecule has 12 heteroatoms. The lowest BCUT2D eigenvalue weighted by molar-refractivity contribution is -0.116. The zero-order valence-corrected chi connectivity index (χ0v) is 20.4. The molecule has 0 radical (unpaired) electrons. The number of fused-ring (bicyclic) bond motifs is 2. The molecule has 0 aliphatic carbocycles. The van der Waals surface area contributed by atoms with Gasteiger partial charge in [-0.05, 0) is 45.3 Å². The summed E-state index contributed by atoms with van der Waals surface area (Å²) >= 11 is 0. The molecule has 0 saturated carbocycles. The molecule has 0 aliphatic heterocycles. The average molecular weight is 494 g/mol. The number of aromatic nitrogens is 9. The van der Waals surface area contributed by atoms with Gasteiger partial charge in [0.15, 0.2) is 17.3 Å². The Hall–Kier alpha value is -4.97. The van der Waals surface area contributed by atoms with Crippen molar-refractivity contribution in [1.82, 2.24) is 49.6 Å². The van der Waals surface area contributed by atoms with Crippen molar-refractivity contribution in [3.63, 3.8) is 0 Å². The molecule has 0 aromatic carbocycles. The van der Waals surface area contributed by atoms with E-state index in [1.165, 1.54) is 0 Å². The van der Waals surface area contributed by atoms with Gasteiger partial charge in [0.2, 0.25) is 5.91 Å². The number of imidazole rings is 2. The Bertz CT molecular complexity index is 1760. The molecule has 6 rings (SSSR count). The summed E-state index contributed by atoms with van der Waals surface area (Å²) in [6.07, 6.45) is 8.67. The molecule has 0 aliphatic rings. The number of aromatic amines is 2. The molecule has 0 bridgehead atoms. The van der Waals surface area contributed by atoms with Crippen LogP contribution >= 0.6 is 0 Å². The Labute approximate surface area is 210 Å². The first-order chi connectivity index (χ1) is 17.9. The fraction of sp³-hybridized carbons (Fsp3) is 0.160. The maximum atomic E-state index is 12.2. The van der Waals surface area contributed by atoms with E-state index in [0.717, 1.165) is 22.3 Å². The highest BCUT2D eigenvalue weighted by Crippen LogP contribution is 2.29. The van der Waals surface area contributed by atoms with E-state index >= 15 is 0 Å². The van der Waals surface area contributed by atoms with E-state index in [9.17, 15) is 4.79 Å². The van der Waals surface area contributed by atoms with E-state index in [0.29, 0.717) is 39.8 Å². The summed E-state index contributed by atoms with van der Waals surface area (Å²) in [7, 11) is 3.68. The third kappa shape index (κ3) is 4.29. The number of likely N-dealkylation sites (N-methyl/N-ethyl adjacent to an activating group) is 1. The van der Waals surface area contributed by atoms with Gasteiger partial charge in [-0.1, -0.05) is 0 Å². The lowest BCUT2D eigenvalue weighted by atomic mass is 10.1. The second-order valence-electron chi connectivity index (χ2n) is 8.95. The average Bonchev–Trinajstić information content (AvgIpc) is 3.60. The van der Waals surface area contributed by atoms with E-state index in [2.05, 4.69) is 35.5 Å². The molecule has 3 N–H and O–H groups in total. The molecule has 37 heavy (non-hydrogen) atoms. The number of carbonyl (C=O) groups excluding carboxylic acids is 1. The number of pyridine rings is 3. The number of hydrogen-bond acceptors (Lipinski definition) is 8. The van der Waals surface area contributed by atoms with Crippen LogP contribution in [0.15, 0.2) is 55.4 Å². The molecular formula is C25H23N11O. The largest absolute Gasteiger partial charge is 0.336 e. The van der Waals surface area contributed by atoms with E-state index in [4.69, 9.17) is 9.97 Å². The molecular weight excluding hydrogens is 470 g/mol.